The molecule has 6 nitrogen and oxygen atoms in total. The number of fused-ring (bicyclic) bond motifs is 1. The van der Waals surface area contributed by atoms with E-state index in [0.29, 0.717) is 27.6 Å². The van der Waals surface area contributed by atoms with Crippen molar-refractivity contribution in [3.05, 3.63) is 70.3 Å². The van der Waals surface area contributed by atoms with Crippen LogP contribution in [0.1, 0.15) is 28.8 Å². The van der Waals surface area contributed by atoms with E-state index in [1.54, 1.807) is 41.9 Å². The molecule has 1 N–H and O–H groups in total. The molecule has 1 fully saturated rings. The summed E-state index contributed by atoms with van der Waals surface area (Å²) >= 11 is 1.29. The number of halogens is 1. The summed E-state index contributed by atoms with van der Waals surface area (Å²) in [5.41, 5.74) is 2.37. The number of thiophene rings is 1. The van der Waals surface area contributed by atoms with E-state index in [0.717, 1.165) is 16.9 Å². The van der Waals surface area contributed by atoms with Crippen LogP contribution >= 0.6 is 11.3 Å². The smallest absolute Gasteiger partial charge is 0.284 e. The largest absolute Gasteiger partial charge is 0.349 e. The van der Waals surface area contributed by atoms with Crippen molar-refractivity contribution in [1.82, 2.24) is 14.5 Å². The molecule has 2 aromatic heterocycles. The number of amides is 1. The highest BCUT2D eigenvalue weighted by molar-refractivity contribution is 7.90. The number of benzene rings is 2. The van der Waals surface area contributed by atoms with E-state index in [1.165, 1.54) is 29.7 Å². The number of aromatic nitrogens is 2. The molecule has 1 aliphatic rings. The number of hydrogen-bond donors (Lipinski definition) is 1. The predicted molar refractivity (Wildman–Crippen MR) is 117 cm³/mol. The maximum Gasteiger partial charge on any atom is 0.284 e. The minimum Gasteiger partial charge on any atom is -0.349 e. The van der Waals surface area contributed by atoms with E-state index in [9.17, 15) is 17.6 Å². The number of rotatable bonds is 5. The summed E-state index contributed by atoms with van der Waals surface area (Å²) in [7, 11) is -3.79. The van der Waals surface area contributed by atoms with Crippen molar-refractivity contribution in [1.29, 1.82) is 0 Å². The van der Waals surface area contributed by atoms with Crippen molar-refractivity contribution in [3.63, 3.8) is 0 Å². The molecule has 0 unspecified atom stereocenters. The van der Waals surface area contributed by atoms with E-state index in [4.69, 9.17) is 0 Å². The standard InChI is InChI=1S/C22H18FN3O3S2/c1-13-19(9-15(10-20(13)23)22(27)25-17-3-4-17)14-2-5-21-16(8-14)11-24-26(21)31(28,29)18-6-7-30-12-18/h2,5-12,17H,3-4H2,1H3,(H,25,27). The van der Waals surface area contributed by atoms with Gasteiger partial charge in [-0.15, -0.1) is 0 Å². The van der Waals surface area contributed by atoms with Gasteiger partial charge in [-0.1, -0.05) is 6.07 Å². The first-order valence-electron chi connectivity index (χ1n) is 9.71. The van der Waals surface area contributed by atoms with Crippen LogP contribution in [-0.4, -0.2) is 29.6 Å². The van der Waals surface area contributed by atoms with Crippen molar-refractivity contribution in [2.24, 2.45) is 0 Å². The van der Waals surface area contributed by atoms with Crippen LogP contribution in [0.25, 0.3) is 22.0 Å². The quantitative estimate of drug-likeness (QED) is 0.485. The first-order valence-corrected chi connectivity index (χ1v) is 12.1. The van der Waals surface area contributed by atoms with Gasteiger partial charge in [-0.3, -0.25) is 4.79 Å². The van der Waals surface area contributed by atoms with Crippen LogP contribution < -0.4 is 5.32 Å². The van der Waals surface area contributed by atoms with Gasteiger partial charge >= 0.3 is 0 Å². The number of hydrogen-bond acceptors (Lipinski definition) is 5. The number of carbonyl (C=O) groups is 1. The molecule has 2 aromatic carbocycles. The summed E-state index contributed by atoms with van der Waals surface area (Å²) < 4.78 is 41.3. The Morgan fingerprint density at radius 1 is 1.23 bits per heavy atom. The molecule has 0 spiro atoms. The van der Waals surface area contributed by atoms with E-state index in [1.807, 2.05) is 0 Å². The molecule has 0 bridgehead atoms. The molecule has 31 heavy (non-hydrogen) atoms. The number of nitrogens with one attached hydrogen (secondary N) is 1. The molecule has 158 valence electrons. The van der Waals surface area contributed by atoms with Gasteiger partial charge in [0.15, 0.2) is 0 Å². The van der Waals surface area contributed by atoms with E-state index >= 15 is 0 Å². The Balaban J connectivity index is 1.57. The monoisotopic (exact) mass is 455 g/mol. The van der Waals surface area contributed by atoms with Crippen LogP contribution in [0.2, 0.25) is 0 Å². The molecule has 1 amide bonds. The Morgan fingerprint density at radius 2 is 2.03 bits per heavy atom. The van der Waals surface area contributed by atoms with Gasteiger partial charge in [0.25, 0.3) is 15.9 Å². The predicted octanol–water partition coefficient (Wildman–Crippen LogP) is 4.34. The summed E-state index contributed by atoms with van der Waals surface area (Å²) in [5, 5.41) is 10.8. The highest BCUT2D eigenvalue weighted by Gasteiger charge is 2.25. The zero-order valence-corrected chi connectivity index (χ0v) is 18.1. The molecular weight excluding hydrogens is 437 g/mol. The second-order valence-electron chi connectivity index (χ2n) is 7.60. The van der Waals surface area contributed by atoms with Gasteiger partial charge in [-0.05, 0) is 72.2 Å². The Hall–Kier alpha value is -3.04. The average molecular weight is 456 g/mol. The van der Waals surface area contributed by atoms with Crippen molar-refractivity contribution in [3.8, 4) is 11.1 Å². The second kappa shape index (κ2) is 7.28. The van der Waals surface area contributed by atoms with Gasteiger partial charge in [-0.2, -0.15) is 28.9 Å². The number of carbonyl (C=O) groups excluding carboxylic acids is 1. The molecule has 2 heterocycles. The van der Waals surface area contributed by atoms with Crippen molar-refractivity contribution in [2.75, 3.05) is 0 Å². The lowest BCUT2D eigenvalue weighted by molar-refractivity contribution is 0.0950. The van der Waals surface area contributed by atoms with Crippen molar-refractivity contribution in [2.45, 2.75) is 30.7 Å². The molecule has 4 aromatic rings. The van der Waals surface area contributed by atoms with E-state index in [-0.39, 0.29) is 22.4 Å². The molecule has 5 rings (SSSR count). The van der Waals surface area contributed by atoms with E-state index in [2.05, 4.69) is 10.4 Å². The van der Waals surface area contributed by atoms with Crippen molar-refractivity contribution >= 4 is 38.2 Å². The normalized spacial score (nSPS) is 14.1. The van der Waals surface area contributed by atoms with E-state index < -0.39 is 15.8 Å². The van der Waals surface area contributed by atoms with Crippen LogP contribution in [-0.2, 0) is 10.0 Å². The lowest BCUT2D eigenvalue weighted by atomic mass is 9.96. The van der Waals surface area contributed by atoms with Crippen LogP contribution in [0.4, 0.5) is 4.39 Å². The summed E-state index contributed by atoms with van der Waals surface area (Å²) in [6.45, 7) is 1.65. The zero-order valence-electron chi connectivity index (χ0n) is 16.5. The summed E-state index contributed by atoms with van der Waals surface area (Å²) in [5.74, 6) is -0.757. The molecule has 0 radical (unpaired) electrons. The zero-order chi connectivity index (χ0) is 21.8. The van der Waals surface area contributed by atoms with Crippen LogP contribution in [0.15, 0.2) is 58.3 Å². The molecular formula is C22H18FN3O3S2. The van der Waals surface area contributed by atoms with Gasteiger partial charge < -0.3 is 5.32 Å². The van der Waals surface area contributed by atoms with Gasteiger partial charge in [0, 0.05) is 22.4 Å². The fourth-order valence-corrected chi connectivity index (χ4v) is 5.76. The summed E-state index contributed by atoms with van der Waals surface area (Å²) in [6, 6.07) is 9.75. The first-order chi connectivity index (χ1) is 14.8. The molecule has 1 aliphatic carbocycles. The molecule has 1 saturated carbocycles. The Morgan fingerprint density at radius 3 is 2.74 bits per heavy atom. The Labute approximate surface area is 182 Å². The minimum atomic E-state index is -3.79. The molecule has 0 atom stereocenters. The highest BCUT2D eigenvalue weighted by atomic mass is 32.2. The molecule has 0 saturated heterocycles. The number of nitrogens with zero attached hydrogens (tertiary/aromatic N) is 2. The van der Waals surface area contributed by atoms with Gasteiger partial charge in [0.05, 0.1) is 16.6 Å². The summed E-state index contributed by atoms with van der Waals surface area (Å²) in [6.07, 6.45) is 3.36. The minimum absolute atomic E-state index is 0.174. The van der Waals surface area contributed by atoms with Gasteiger partial charge in [-0.25, -0.2) is 4.39 Å². The average Bonchev–Trinajstić information content (AvgIpc) is 3.21. The Kier molecular flexibility index (Phi) is 4.67. The second-order valence-corrected chi connectivity index (χ2v) is 10.2. The van der Waals surface area contributed by atoms with Crippen LogP contribution in [0.3, 0.4) is 0 Å². The highest BCUT2D eigenvalue weighted by Crippen LogP contribution is 2.31. The lowest BCUT2D eigenvalue weighted by Gasteiger charge is -2.11. The molecule has 9 heteroatoms. The van der Waals surface area contributed by atoms with Crippen LogP contribution in [0.5, 0.6) is 0 Å². The topological polar surface area (TPSA) is 81.1 Å². The fraction of sp³-hybridized carbons (Fsp3) is 0.182. The maximum atomic E-state index is 14.6. The van der Waals surface area contributed by atoms with Crippen molar-refractivity contribution < 1.29 is 17.6 Å². The third-order valence-corrected chi connectivity index (χ3v) is 7.81. The lowest BCUT2D eigenvalue weighted by Crippen LogP contribution is -2.25. The summed E-state index contributed by atoms with van der Waals surface area (Å²) in [4.78, 5) is 12.6. The third kappa shape index (κ3) is 3.53. The molecule has 0 aliphatic heterocycles. The third-order valence-electron chi connectivity index (χ3n) is 5.39. The Bertz CT molecular complexity index is 1420. The van der Waals surface area contributed by atoms with Crippen LogP contribution in [0, 0.1) is 12.7 Å². The van der Waals surface area contributed by atoms with Gasteiger partial charge in [0.2, 0.25) is 0 Å². The van der Waals surface area contributed by atoms with Gasteiger partial charge in [0.1, 0.15) is 5.82 Å². The first kappa shape index (κ1) is 19.9. The maximum absolute atomic E-state index is 14.6. The fourth-order valence-electron chi connectivity index (χ4n) is 3.47. The SMILES string of the molecule is Cc1c(F)cc(C(=O)NC2CC2)cc1-c1ccc2c(cnn2S(=O)(=O)c2ccsc2)c1.